The number of carbonyl (C=O) groups excluding carboxylic acids is 1. The van der Waals surface area contributed by atoms with Crippen LogP contribution in [0.15, 0.2) is 90.0 Å². The predicted molar refractivity (Wildman–Crippen MR) is 110 cm³/mol. The highest BCUT2D eigenvalue weighted by Crippen LogP contribution is 2.16. The number of aromatic nitrogens is 1. The van der Waals surface area contributed by atoms with E-state index < -0.39 is 0 Å². The van der Waals surface area contributed by atoms with E-state index in [-0.39, 0.29) is 5.91 Å². The number of hydrazone groups is 1. The number of aryl methyl sites for hydroxylation is 1. The number of fused-ring (bicyclic) bond motifs is 1. The number of amides is 1. The smallest absolute Gasteiger partial charge is 0.271 e. The van der Waals surface area contributed by atoms with Crippen molar-refractivity contribution in [1.82, 2.24) is 9.99 Å². The Morgan fingerprint density at radius 1 is 0.889 bits per heavy atom. The Balaban J connectivity index is 1.53. The Morgan fingerprint density at radius 3 is 2.44 bits per heavy atom. The topological polar surface area (TPSA) is 46.4 Å². The van der Waals surface area contributed by atoms with Crippen molar-refractivity contribution in [3.8, 4) is 5.69 Å². The van der Waals surface area contributed by atoms with Gasteiger partial charge in [0.05, 0.1) is 11.9 Å². The Kier molecular flexibility index (Phi) is 4.54. The third kappa shape index (κ3) is 3.51. The highest BCUT2D eigenvalue weighted by atomic mass is 16.2. The molecule has 0 unspecified atom stereocenters. The van der Waals surface area contributed by atoms with E-state index in [1.807, 2.05) is 91.9 Å². The molecule has 0 saturated carbocycles. The summed E-state index contributed by atoms with van der Waals surface area (Å²) in [5.74, 6) is -0.230. The summed E-state index contributed by atoms with van der Waals surface area (Å²) in [7, 11) is 0. The molecule has 0 aliphatic carbocycles. The highest BCUT2D eigenvalue weighted by Gasteiger charge is 2.07. The number of hydrogen-bond acceptors (Lipinski definition) is 2. The van der Waals surface area contributed by atoms with Gasteiger partial charge in [0.1, 0.15) is 0 Å². The van der Waals surface area contributed by atoms with E-state index in [9.17, 15) is 4.79 Å². The molecule has 27 heavy (non-hydrogen) atoms. The van der Waals surface area contributed by atoms with E-state index in [2.05, 4.69) is 15.1 Å². The molecular formula is C23H19N3O. The van der Waals surface area contributed by atoms with Crippen LogP contribution in [-0.2, 0) is 0 Å². The molecule has 0 atom stereocenters. The van der Waals surface area contributed by atoms with Gasteiger partial charge in [-0.05, 0) is 54.1 Å². The van der Waals surface area contributed by atoms with Gasteiger partial charge in [0.2, 0.25) is 0 Å². The van der Waals surface area contributed by atoms with Gasteiger partial charge >= 0.3 is 0 Å². The second-order valence-electron chi connectivity index (χ2n) is 6.33. The van der Waals surface area contributed by atoms with Crippen LogP contribution in [0, 0.1) is 6.92 Å². The molecule has 0 fully saturated rings. The fraction of sp³-hybridized carbons (Fsp3) is 0.0435. The predicted octanol–water partition coefficient (Wildman–Crippen LogP) is 4.70. The Bertz CT molecular complexity index is 1130. The lowest BCUT2D eigenvalue weighted by Crippen LogP contribution is -2.17. The molecule has 1 amide bonds. The number of rotatable bonds is 4. The minimum atomic E-state index is -0.230. The third-order valence-corrected chi connectivity index (χ3v) is 4.50. The van der Waals surface area contributed by atoms with E-state index in [4.69, 9.17) is 0 Å². The molecule has 0 aliphatic heterocycles. The van der Waals surface area contributed by atoms with E-state index in [0.717, 1.165) is 27.8 Å². The first-order valence-corrected chi connectivity index (χ1v) is 8.78. The van der Waals surface area contributed by atoms with Crippen molar-refractivity contribution in [2.24, 2.45) is 5.10 Å². The lowest BCUT2D eigenvalue weighted by Gasteiger charge is -2.09. The maximum absolute atomic E-state index is 12.4. The van der Waals surface area contributed by atoms with Crippen molar-refractivity contribution in [3.63, 3.8) is 0 Å². The molecule has 0 saturated heterocycles. The average Bonchev–Trinajstić information content (AvgIpc) is 3.08. The molecule has 1 aromatic heterocycles. The first-order chi connectivity index (χ1) is 13.2. The normalized spacial score (nSPS) is 11.1. The summed E-state index contributed by atoms with van der Waals surface area (Å²) in [4.78, 5) is 12.4. The van der Waals surface area contributed by atoms with Crippen LogP contribution in [0.4, 0.5) is 0 Å². The molecule has 0 radical (unpaired) electrons. The molecule has 3 aromatic carbocycles. The summed E-state index contributed by atoms with van der Waals surface area (Å²) in [6.45, 7) is 2.04. The number of hydrogen-bond donors (Lipinski definition) is 1. The standard InChI is InChI=1S/C23H19N3O/c1-17-11-14-22(26(17)21-9-3-2-4-10-21)16-24-25-23(27)20-13-12-18-7-5-6-8-19(18)15-20/h2-16H,1H3,(H,25,27)/b24-16+. The number of carbonyl (C=O) groups is 1. The molecule has 132 valence electrons. The van der Waals surface area contributed by atoms with Crippen LogP contribution in [0.1, 0.15) is 21.7 Å². The summed E-state index contributed by atoms with van der Waals surface area (Å²) in [6.07, 6.45) is 1.67. The van der Waals surface area contributed by atoms with Gasteiger partial charge in [0.15, 0.2) is 0 Å². The van der Waals surface area contributed by atoms with Gasteiger partial charge in [-0.1, -0.05) is 48.5 Å². The monoisotopic (exact) mass is 353 g/mol. The van der Waals surface area contributed by atoms with Gasteiger partial charge in [0.25, 0.3) is 5.91 Å². The molecule has 4 heteroatoms. The van der Waals surface area contributed by atoms with Crippen LogP contribution >= 0.6 is 0 Å². The quantitative estimate of drug-likeness (QED) is 0.419. The van der Waals surface area contributed by atoms with Crippen molar-refractivity contribution in [1.29, 1.82) is 0 Å². The second kappa shape index (κ2) is 7.30. The minimum absolute atomic E-state index is 0.230. The van der Waals surface area contributed by atoms with Crippen molar-refractivity contribution < 1.29 is 4.79 Å². The van der Waals surface area contributed by atoms with Gasteiger partial charge in [-0.3, -0.25) is 4.79 Å². The Morgan fingerprint density at radius 2 is 1.63 bits per heavy atom. The summed E-state index contributed by atoms with van der Waals surface area (Å²) < 4.78 is 2.09. The number of nitrogens with zero attached hydrogens (tertiary/aromatic N) is 2. The molecule has 4 aromatic rings. The maximum Gasteiger partial charge on any atom is 0.271 e. The summed E-state index contributed by atoms with van der Waals surface area (Å²) in [6, 6.07) is 27.6. The first-order valence-electron chi connectivity index (χ1n) is 8.78. The fourth-order valence-electron chi connectivity index (χ4n) is 3.14. The zero-order valence-corrected chi connectivity index (χ0v) is 15.0. The van der Waals surface area contributed by atoms with Crippen molar-refractivity contribution >= 4 is 22.9 Å². The number of benzene rings is 3. The average molecular weight is 353 g/mol. The lowest BCUT2D eigenvalue weighted by atomic mass is 10.1. The molecule has 0 aliphatic rings. The molecule has 4 nitrogen and oxygen atoms in total. The van der Waals surface area contributed by atoms with Crippen LogP contribution < -0.4 is 5.43 Å². The Labute approximate surface area is 157 Å². The van der Waals surface area contributed by atoms with E-state index in [1.165, 1.54) is 0 Å². The van der Waals surface area contributed by atoms with Gasteiger partial charge in [-0.25, -0.2) is 5.43 Å². The first kappa shape index (κ1) is 16.8. The molecule has 0 bridgehead atoms. The lowest BCUT2D eigenvalue weighted by molar-refractivity contribution is 0.0955. The van der Waals surface area contributed by atoms with Crippen LogP contribution in [0.25, 0.3) is 16.5 Å². The largest absolute Gasteiger partial charge is 0.313 e. The van der Waals surface area contributed by atoms with Crippen LogP contribution in [0.3, 0.4) is 0 Å². The van der Waals surface area contributed by atoms with E-state index >= 15 is 0 Å². The maximum atomic E-state index is 12.4. The third-order valence-electron chi connectivity index (χ3n) is 4.50. The van der Waals surface area contributed by atoms with Crippen LogP contribution in [0.5, 0.6) is 0 Å². The van der Waals surface area contributed by atoms with Crippen LogP contribution in [-0.4, -0.2) is 16.7 Å². The van der Waals surface area contributed by atoms with E-state index in [0.29, 0.717) is 5.56 Å². The SMILES string of the molecule is Cc1ccc(/C=N/NC(=O)c2ccc3ccccc3c2)n1-c1ccccc1. The van der Waals surface area contributed by atoms with Crippen molar-refractivity contribution in [3.05, 3.63) is 102 Å². The second-order valence-corrected chi connectivity index (χ2v) is 6.33. The Hall–Kier alpha value is -3.66. The van der Waals surface area contributed by atoms with Gasteiger partial charge in [0, 0.05) is 16.9 Å². The van der Waals surface area contributed by atoms with Crippen molar-refractivity contribution in [2.75, 3.05) is 0 Å². The molecule has 1 heterocycles. The highest BCUT2D eigenvalue weighted by molar-refractivity contribution is 5.98. The number of para-hydroxylation sites is 1. The molecule has 4 rings (SSSR count). The molecule has 1 N–H and O–H groups in total. The van der Waals surface area contributed by atoms with Gasteiger partial charge < -0.3 is 4.57 Å². The molecule has 0 spiro atoms. The fourth-order valence-corrected chi connectivity index (χ4v) is 3.14. The zero-order valence-electron chi connectivity index (χ0n) is 15.0. The van der Waals surface area contributed by atoms with Gasteiger partial charge in [-0.2, -0.15) is 5.10 Å². The summed E-state index contributed by atoms with van der Waals surface area (Å²) in [5, 5.41) is 6.29. The number of nitrogens with one attached hydrogen (secondary N) is 1. The minimum Gasteiger partial charge on any atom is -0.313 e. The summed E-state index contributed by atoms with van der Waals surface area (Å²) in [5.41, 5.74) is 6.26. The molecular weight excluding hydrogens is 334 g/mol. The van der Waals surface area contributed by atoms with E-state index in [1.54, 1.807) is 6.21 Å². The summed E-state index contributed by atoms with van der Waals surface area (Å²) >= 11 is 0. The zero-order chi connectivity index (χ0) is 18.6. The van der Waals surface area contributed by atoms with Crippen molar-refractivity contribution in [2.45, 2.75) is 6.92 Å². The van der Waals surface area contributed by atoms with Crippen LogP contribution in [0.2, 0.25) is 0 Å². The van der Waals surface area contributed by atoms with Gasteiger partial charge in [-0.15, -0.1) is 0 Å².